The Morgan fingerprint density at radius 2 is 0.845 bits per heavy atom. The summed E-state index contributed by atoms with van der Waals surface area (Å²) < 4.78 is 56.2. The number of ether oxygens (including phenoxy) is 2. The van der Waals surface area contributed by atoms with Crippen molar-refractivity contribution in [2.45, 2.75) is 409 Å². The second-order valence-corrected chi connectivity index (χ2v) is 67.1. The van der Waals surface area contributed by atoms with E-state index in [1.54, 1.807) is 5.57 Å². The van der Waals surface area contributed by atoms with Gasteiger partial charge in [-0.15, -0.1) is 0 Å². The summed E-state index contributed by atoms with van der Waals surface area (Å²) in [5, 5.41) is 2.32. The van der Waals surface area contributed by atoms with Crippen LogP contribution in [0, 0.1) is 64.1 Å². The maximum atomic E-state index is 14.8. The largest absolute Gasteiger partial charge is 1.00 e. The van der Waals surface area contributed by atoms with Crippen LogP contribution in [0.2, 0.25) is 72.5 Å². The topological polar surface area (TPSA) is 96.1 Å². The molecule has 10 rings (SSSR count). The monoisotopic (exact) mass is 1600 g/mol. The van der Waals surface area contributed by atoms with Crippen molar-refractivity contribution in [1.29, 1.82) is 0 Å². The van der Waals surface area contributed by atoms with Gasteiger partial charge in [-0.1, -0.05) is 287 Å². The predicted octanol–water partition coefficient (Wildman–Crippen LogP) is 24.8. The average molecular weight is 1600 g/mol. The minimum atomic E-state index is -2.85. The molecule has 8 aliphatic rings. The zero-order chi connectivity index (χ0) is 81.9. The van der Waals surface area contributed by atoms with Crippen molar-refractivity contribution in [3.63, 3.8) is 0 Å². The molecule has 0 aromatic heterocycles. The number of Topliss-reactive ketones (excluding diaryl/α,β-unsaturated/α-hetero) is 1. The fourth-order valence-corrected chi connectivity index (χ4v) is 26.7. The van der Waals surface area contributed by atoms with E-state index in [9.17, 15) is 9.36 Å². The van der Waals surface area contributed by atoms with E-state index in [-0.39, 0.29) is 74.6 Å². The molecule has 6 unspecified atom stereocenters. The van der Waals surface area contributed by atoms with Crippen LogP contribution in [0.3, 0.4) is 0 Å². The van der Waals surface area contributed by atoms with Gasteiger partial charge in [-0.3, -0.25) is 4.79 Å². The van der Waals surface area contributed by atoms with E-state index in [1.807, 2.05) is 60.7 Å². The Morgan fingerprint density at radius 3 is 1.17 bits per heavy atom. The van der Waals surface area contributed by atoms with Gasteiger partial charge in [0.15, 0.2) is 33.3 Å². The Bertz CT molecular complexity index is 3250. The van der Waals surface area contributed by atoms with Crippen LogP contribution in [0.4, 0.5) is 0 Å². The van der Waals surface area contributed by atoms with Gasteiger partial charge in [0.2, 0.25) is 0 Å². The van der Waals surface area contributed by atoms with E-state index in [0.29, 0.717) is 46.1 Å². The molecule has 0 bridgehead atoms. The van der Waals surface area contributed by atoms with E-state index in [4.69, 9.17) is 27.2 Å². The van der Waals surface area contributed by atoms with Gasteiger partial charge in [0.05, 0.1) is 37.6 Å². The van der Waals surface area contributed by atoms with Crippen molar-refractivity contribution >= 4 is 56.8 Å². The van der Waals surface area contributed by atoms with Crippen LogP contribution in [-0.4, -0.2) is 94.0 Å². The number of epoxide rings is 2. The molecule has 2 spiro atoms. The van der Waals surface area contributed by atoms with Gasteiger partial charge in [0.1, 0.15) is 24.1 Å². The first-order chi connectivity index (χ1) is 50.0. The molecule has 0 amide bonds. The molecule has 2 aliphatic heterocycles. The van der Waals surface area contributed by atoms with Gasteiger partial charge in [0, 0.05) is 29.1 Å². The van der Waals surface area contributed by atoms with Crippen LogP contribution in [0.25, 0.3) is 0 Å². The summed E-state index contributed by atoms with van der Waals surface area (Å²) in [6.07, 6.45) is 34.4. The van der Waals surface area contributed by atoms with Crippen molar-refractivity contribution in [3.8, 4) is 0 Å². The number of carbonyl (C=O) groups excluding carboxylic acids is 1. The Balaban J connectivity index is 0.000000265. The van der Waals surface area contributed by atoms with E-state index < -0.39 is 40.4 Å². The average Bonchev–Trinajstić information content (AvgIpc) is 1.57. The number of ketones is 1. The summed E-state index contributed by atoms with van der Waals surface area (Å²) in [6, 6.07) is 19.9. The van der Waals surface area contributed by atoms with Crippen LogP contribution in [0.5, 0.6) is 0 Å². The Hall–Kier alpha value is -1.22. The number of rotatable bonds is 22. The molecule has 2 saturated heterocycles. The smallest absolute Gasteiger partial charge is 0.410 e. The summed E-state index contributed by atoms with van der Waals surface area (Å²) >= 11 is 0. The van der Waals surface area contributed by atoms with Crippen molar-refractivity contribution in [2.24, 2.45) is 57.2 Å². The first-order valence-corrected chi connectivity index (χ1v) is 57.6. The molecule has 8 fully saturated rings. The second-order valence-electron chi connectivity index (χ2n) is 45.2. The number of hydrogen-bond donors (Lipinski definition) is 0. The predicted molar refractivity (Wildman–Crippen MR) is 480 cm³/mol. The zero-order valence-corrected chi connectivity index (χ0v) is 82.3. The molecule has 8 nitrogen and oxygen atoms in total. The van der Waals surface area contributed by atoms with Crippen molar-refractivity contribution in [2.75, 3.05) is 19.4 Å². The number of benzene rings is 2. The fourth-order valence-electron chi connectivity index (χ4n) is 18.7. The third-order valence-corrected chi connectivity index (χ3v) is 51.2. The van der Waals surface area contributed by atoms with Crippen LogP contribution in [-0.2, 0) is 36.5 Å². The molecule has 6 aliphatic carbocycles. The molecule has 622 valence electrons. The Morgan fingerprint density at radius 1 is 0.518 bits per heavy atom. The zero-order valence-electron chi connectivity index (χ0n) is 77.4. The maximum Gasteiger partial charge on any atom is 1.00 e. The van der Waals surface area contributed by atoms with Crippen LogP contribution >= 0.6 is 7.14 Å². The van der Waals surface area contributed by atoms with Gasteiger partial charge >= 0.3 is 18.9 Å². The number of carbonyl (C=O) groups is 1. The summed E-state index contributed by atoms with van der Waals surface area (Å²) in [6.45, 7) is 78.2. The number of unbranched alkanes of at least 4 members (excludes halogenated alkanes) is 1. The molecule has 6 saturated carbocycles. The SMILES string of the molecule is CC(C)(C)[Si](C)(C)O[C@@H]1CC(=CCP(=O)(c2ccccc2)c2ccccc2)C[C@@H](O[Si](C)(C)C(C)(C)C)C12CO2.C[C@@H](CCCC(C)(C)C)C1CCC2/C(=C/C=C3C[C@@H](O[Si](C)(C)C(C)(C)C)C4(CO4)[C@H](O[Si](C)(C)C(C)(C)C)C3)CCCC21C.C[C@@H](CCCC(C)(C)C)C1CCC2C(=O)CCCC21C.[CH2-]CCC.[Li+]. The van der Waals surface area contributed by atoms with Gasteiger partial charge in [0.25, 0.3) is 0 Å². The number of hydrogen-bond acceptors (Lipinski definition) is 8. The van der Waals surface area contributed by atoms with Crippen molar-refractivity contribution in [1.82, 2.24) is 0 Å². The molecule has 0 radical (unpaired) electrons. The molecular weight excluding hydrogens is 1430 g/mol. The van der Waals surface area contributed by atoms with Crippen molar-refractivity contribution < 1.29 is 55.4 Å². The quantitative estimate of drug-likeness (QED) is 0.0378. The van der Waals surface area contributed by atoms with E-state index >= 15 is 0 Å². The summed E-state index contributed by atoms with van der Waals surface area (Å²) in [4.78, 5) is 12.2. The summed E-state index contributed by atoms with van der Waals surface area (Å²) in [5.74, 6) is 4.99. The molecule has 2 aromatic rings. The molecule has 12 atom stereocenters. The third-order valence-electron chi connectivity index (χ3n) is 30.3. The van der Waals surface area contributed by atoms with Crippen LogP contribution < -0.4 is 29.5 Å². The molecule has 110 heavy (non-hydrogen) atoms. The van der Waals surface area contributed by atoms with E-state index in [0.717, 1.165) is 91.8 Å². The Kier molecular flexibility index (Phi) is 33.4. The van der Waals surface area contributed by atoms with E-state index in [2.05, 4.69) is 237 Å². The first-order valence-electron chi connectivity index (χ1n) is 44.1. The third kappa shape index (κ3) is 24.1. The van der Waals surface area contributed by atoms with Gasteiger partial charge in [-0.05, 0) is 220 Å². The molecule has 2 heterocycles. The maximum absolute atomic E-state index is 14.8. The van der Waals surface area contributed by atoms with Gasteiger partial charge < -0.3 is 38.7 Å². The molecule has 14 heteroatoms. The molecular formula is C96H168LiO8PSi4. The standard InChI is InChI=1S/C40H74O3Si2.C33H51O4PSi2.C19H34O.C4H9.Li/c1-29(18-16-24-36(2,3)4)32-22-23-33-31(19-17-25-39(32,33)11)21-20-30-26-34(42-44(12,13)37(5,6)7)40(28-41-40)35(27-30)43-45(14,15)38(8,9)10;1-31(2,3)39(7,8)36-29-23-26(24-30(33(29)25-35-33)37-40(9,10)32(4,5)6)21-22-38(34,27-17-13-11-14-18-27)28-19-15-12-16-20-28;1-14(8-6-12-18(2,3)4)15-10-11-16-17(20)9-7-13-19(15,16)5;1-3-4-2;/h20-21,29,32-35H,16-19,22-28H2,1-15H3;11-21,29-30H,22-25H2,1-10H3;14-16H,6-13H2,1-5H3;1,3-4H2,2H3;/q;;;-1;+1/b30-20?,31-21+;;;;/t29-,32?,33?,34+,35+,39?,40?;29-,30-,33?;14-,15?,16?,19?;;/m010../s1. The first kappa shape index (κ1) is 97.6. The minimum Gasteiger partial charge on any atom is -0.410 e. The fraction of sp³-hybridized carbons (Fsp3) is 0.792. The number of allylic oxidation sites excluding steroid dienone is 4. The summed E-state index contributed by atoms with van der Waals surface area (Å²) in [5.41, 5.74) is 5.56. The normalized spacial score (nSPS) is 29.9. The van der Waals surface area contributed by atoms with E-state index in [1.165, 1.54) is 107 Å². The minimum absolute atomic E-state index is 0. The number of fused-ring (bicyclic) bond motifs is 2. The van der Waals surface area contributed by atoms with Crippen molar-refractivity contribution in [3.05, 3.63) is 103 Å². The van der Waals surface area contributed by atoms with Gasteiger partial charge in [-0.25, -0.2) is 0 Å². The van der Waals surface area contributed by atoms with Crippen LogP contribution in [0.1, 0.15) is 301 Å². The second kappa shape index (κ2) is 37.6. The Labute approximate surface area is 694 Å². The molecule has 0 N–H and O–H groups in total. The van der Waals surface area contributed by atoms with Crippen LogP contribution in [0.15, 0.2) is 95.6 Å². The summed E-state index contributed by atoms with van der Waals surface area (Å²) in [7, 11) is -11.0. The van der Waals surface area contributed by atoms with Gasteiger partial charge in [-0.2, -0.15) is 6.42 Å². The molecule has 2 aromatic carbocycles.